The van der Waals surface area contributed by atoms with Crippen molar-refractivity contribution in [3.8, 4) is 0 Å². The smallest absolute Gasteiger partial charge is 0.124 e. The molecule has 0 bridgehead atoms. The zero-order valence-corrected chi connectivity index (χ0v) is 10.8. The number of halogens is 2. The van der Waals surface area contributed by atoms with E-state index in [1.54, 1.807) is 13.2 Å². The molecule has 1 aliphatic rings. The maximum Gasteiger partial charge on any atom is 0.124 e. The Balaban J connectivity index is 1.99. The molecule has 4 heteroatoms. The van der Waals surface area contributed by atoms with Crippen LogP contribution in [-0.4, -0.2) is 31.2 Å². The molecule has 1 aromatic rings. The first-order valence-electron chi connectivity index (χ1n) is 5.37. The van der Waals surface area contributed by atoms with Crippen LogP contribution in [0.2, 0.25) is 0 Å². The van der Waals surface area contributed by atoms with E-state index >= 15 is 0 Å². The molecule has 1 heterocycles. The van der Waals surface area contributed by atoms with Crippen LogP contribution in [0, 0.1) is 5.82 Å². The lowest BCUT2D eigenvalue weighted by molar-refractivity contribution is 0.107. The molecule has 0 unspecified atom stereocenters. The summed E-state index contributed by atoms with van der Waals surface area (Å²) in [5, 5.41) is 0. The van der Waals surface area contributed by atoms with E-state index in [9.17, 15) is 4.39 Å². The van der Waals surface area contributed by atoms with Gasteiger partial charge in [0.15, 0.2) is 0 Å². The van der Waals surface area contributed by atoms with Gasteiger partial charge in [-0.05, 0) is 30.2 Å². The molecule has 0 aliphatic carbocycles. The molecule has 1 saturated heterocycles. The predicted molar refractivity (Wildman–Crippen MR) is 64.8 cm³/mol. The molecule has 0 radical (unpaired) electrons. The maximum absolute atomic E-state index is 13.2. The van der Waals surface area contributed by atoms with E-state index < -0.39 is 0 Å². The molecule has 16 heavy (non-hydrogen) atoms. The van der Waals surface area contributed by atoms with Crippen molar-refractivity contribution in [3.63, 3.8) is 0 Å². The van der Waals surface area contributed by atoms with Crippen molar-refractivity contribution in [1.29, 1.82) is 0 Å². The second kappa shape index (κ2) is 5.25. The largest absolute Gasteiger partial charge is 0.380 e. The average molecular weight is 288 g/mol. The third-order valence-corrected chi connectivity index (χ3v) is 3.35. The van der Waals surface area contributed by atoms with Gasteiger partial charge in [-0.3, -0.25) is 4.90 Å². The van der Waals surface area contributed by atoms with Gasteiger partial charge in [0, 0.05) is 31.2 Å². The highest BCUT2D eigenvalue weighted by Gasteiger charge is 2.21. The molecule has 1 atom stereocenters. The van der Waals surface area contributed by atoms with Crippen molar-refractivity contribution in [2.24, 2.45) is 0 Å². The minimum Gasteiger partial charge on any atom is -0.380 e. The lowest BCUT2D eigenvalue weighted by Crippen LogP contribution is -2.22. The number of nitrogens with zero attached hydrogens (tertiary/aromatic N) is 1. The van der Waals surface area contributed by atoms with Gasteiger partial charge in [-0.15, -0.1) is 0 Å². The highest BCUT2D eigenvalue weighted by atomic mass is 79.9. The molecule has 0 spiro atoms. The Morgan fingerprint density at radius 2 is 2.31 bits per heavy atom. The van der Waals surface area contributed by atoms with Crippen LogP contribution >= 0.6 is 15.9 Å². The van der Waals surface area contributed by atoms with Gasteiger partial charge in [0.25, 0.3) is 0 Å². The zero-order chi connectivity index (χ0) is 11.5. The Labute approximate surface area is 104 Å². The van der Waals surface area contributed by atoms with Gasteiger partial charge in [0.1, 0.15) is 5.82 Å². The van der Waals surface area contributed by atoms with Crippen LogP contribution in [0.4, 0.5) is 4.39 Å². The van der Waals surface area contributed by atoms with Gasteiger partial charge in [-0.2, -0.15) is 0 Å². The summed E-state index contributed by atoms with van der Waals surface area (Å²) in [5.41, 5.74) is 1.00. The lowest BCUT2D eigenvalue weighted by Gasteiger charge is -2.15. The second-order valence-electron chi connectivity index (χ2n) is 4.16. The quantitative estimate of drug-likeness (QED) is 0.848. The predicted octanol–water partition coefficient (Wildman–Crippen LogP) is 2.81. The van der Waals surface area contributed by atoms with E-state index in [0.717, 1.165) is 36.1 Å². The molecular weight excluding hydrogens is 273 g/mol. The number of rotatable bonds is 3. The number of benzene rings is 1. The summed E-state index contributed by atoms with van der Waals surface area (Å²) in [4.78, 5) is 2.29. The summed E-state index contributed by atoms with van der Waals surface area (Å²) in [7, 11) is 1.74. The van der Waals surface area contributed by atoms with Crippen LogP contribution < -0.4 is 0 Å². The first-order valence-corrected chi connectivity index (χ1v) is 6.17. The Bertz CT molecular complexity index is 352. The Kier molecular flexibility index (Phi) is 3.95. The normalized spacial score (nSPS) is 21.6. The lowest BCUT2D eigenvalue weighted by atomic mass is 10.2. The van der Waals surface area contributed by atoms with Crippen LogP contribution in [0.5, 0.6) is 0 Å². The fourth-order valence-electron chi connectivity index (χ4n) is 2.09. The summed E-state index contributed by atoms with van der Waals surface area (Å²) in [5.74, 6) is -0.188. The monoisotopic (exact) mass is 287 g/mol. The van der Waals surface area contributed by atoms with Gasteiger partial charge in [0.2, 0.25) is 0 Å². The first-order chi connectivity index (χ1) is 7.67. The number of hydrogen-bond donors (Lipinski definition) is 0. The number of hydrogen-bond acceptors (Lipinski definition) is 2. The number of ether oxygens (including phenoxy) is 1. The third-order valence-electron chi connectivity index (χ3n) is 2.89. The molecular formula is C12H15BrFNO. The summed E-state index contributed by atoms with van der Waals surface area (Å²) in [6, 6.07) is 5.03. The Morgan fingerprint density at radius 1 is 1.50 bits per heavy atom. The Morgan fingerprint density at radius 3 is 2.94 bits per heavy atom. The summed E-state index contributed by atoms with van der Waals surface area (Å²) >= 11 is 3.30. The minimum atomic E-state index is -0.188. The molecule has 1 fully saturated rings. The highest BCUT2D eigenvalue weighted by molar-refractivity contribution is 9.10. The number of methoxy groups -OCH3 is 1. The molecule has 0 aromatic heterocycles. The van der Waals surface area contributed by atoms with E-state index in [-0.39, 0.29) is 5.82 Å². The van der Waals surface area contributed by atoms with E-state index in [2.05, 4.69) is 20.8 Å². The van der Waals surface area contributed by atoms with Crippen LogP contribution in [0.1, 0.15) is 12.0 Å². The van der Waals surface area contributed by atoms with Gasteiger partial charge in [0.05, 0.1) is 6.10 Å². The van der Waals surface area contributed by atoms with Gasteiger partial charge in [-0.1, -0.05) is 15.9 Å². The summed E-state index contributed by atoms with van der Waals surface area (Å²) in [6.07, 6.45) is 1.39. The number of likely N-dealkylation sites (tertiary alicyclic amines) is 1. The fraction of sp³-hybridized carbons (Fsp3) is 0.500. The molecule has 0 N–H and O–H groups in total. The van der Waals surface area contributed by atoms with Crippen LogP contribution in [-0.2, 0) is 11.3 Å². The third kappa shape index (κ3) is 3.03. The minimum absolute atomic E-state index is 0.188. The van der Waals surface area contributed by atoms with E-state index in [1.165, 1.54) is 6.07 Å². The Hall–Kier alpha value is -0.450. The molecule has 2 nitrogen and oxygen atoms in total. The van der Waals surface area contributed by atoms with Crippen molar-refractivity contribution in [1.82, 2.24) is 4.90 Å². The highest BCUT2D eigenvalue weighted by Crippen LogP contribution is 2.19. The summed E-state index contributed by atoms with van der Waals surface area (Å²) in [6.45, 7) is 2.74. The summed E-state index contributed by atoms with van der Waals surface area (Å²) < 4.78 is 19.3. The fourth-order valence-corrected chi connectivity index (χ4v) is 2.61. The van der Waals surface area contributed by atoms with Gasteiger partial charge >= 0.3 is 0 Å². The van der Waals surface area contributed by atoms with E-state index in [0.29, 0.717) is 6.10 Å². The van der Waals surface area contributed by atoms with Crippen LogP contribution in [0.25, 0.3) is 0 Å². The zero-order valence-electron chi connectivity index (χ0n) is 9.25. The van der Waals surface area contributed by atoms with Crippen molar-refractivity contribution in [3.05, 3.63) is 34.1 Å². The van der Waals surface area contributed by atoms with Gasteiger partial charge < -0.3 is 4.74 Å². The van der Waals surface area contributed by atoms with Gasteiger partial charge in [-0.25, -0.2) is 4.39 Å². The van der Waals surface area contributed by atoms with Crippen molar-refractivity contribution in [2.45, 2.75) is 19.1 Å². The second-order valence-corrected chi connectivity index (χ2v) is 5.07. The first kappa shape index (κ1) is 12.0. The molecule has 1 aliphatic heterocycles. The molecule has 0 saturated carbocycles. The van der Waals surface area contributed by atoms with E-state index in [1.807, 2.05) is 6.07 Å². The molecule has 2 rings (SSSR count). The van der Waals surface area contributed by atoms with Crippen molar-refractivity contribution < 1.29 is 9.13 Å². The van der Waals surface area contributed by atoms with Crippen LogP contribution in [0.3, 0.4) is 0 Å². The maximum atomic E-state index is 13.2. The standard InChI is InChI=1S/C12H15BrFNO/c1-16-12-2-3-15(8-12)7-9-4-10(13)6-11(14)5-9/h4-6,12H,2-3,7-8H2,1H3/t12-/m0/s1. The SMILES string of the molecule is CO[C@H]1CCN(Cc2cc(F)cc(Br)c2)C1. The van der Waals surface area contributed by atoms with E-state index in [4.69, 9.17) is 4.74 Å². The molecule has 1 aromatic carbocycles. The van der Waals surface area contributed by atoms with Crippen LogP contribution in [0.15, 0.2) is 22.7 Å². The topological polar surface area (TPSA) is 12.5 Å². The average Bonchev–Trinajstić information content (AvgIpc) is 2.64. The van der Waals surface area contributed by atoms with Crippen molar-refractivity contribution >= 4 is 15.9 Å². The molecule has 0 amide bonds. The van der Waals surface area contributed by atoms with Crippen molar-refractivity contribution in [2.75, 3.05) is 20.2 Å². The molecule has 88 valence electrons.